The maximum Gasteiger partial charge on any atom is 0.222 e. The molecule has 2 aromatic heterocycles. The molecule has 3 aliphatic heterocycles. The van der Waals surface area contributed by atoms with Crippen LogP contribution in [0.1, 0.15) is 44.9 Å². The van der Waals surface area contributed by atoms with Gasteiger partial charge in [-0.25, -0.2) is 9.97 Å². The first-order chi connectivity index (χ1) is 14.2. The van der Waals surface area contributed by atoms with Crippen LogP contribution in [0.25, 0.3) is 10.9 Å². The SMILES string of the molecule is Clc1ncc2c(N3CC4CCC(C4)C3)nc(OCC34CCCN3CCC4)cc2n1. The van der Waals surface area contributed by atoms with Gasteiger partial charge in [0.2, 0.25) is 11.2 Å². The number of rotatable bonds is 4. The molecular formula is C22H28ClN5O. The van der Waals surface area contributed by atoms with Crippen molar-refractivity contribution in [2.24, 2.45) is 11.8 Å². The minimum absolute atomic E-state index is 0.213. The van der Waals surface area contributed by atoms with Crippen molar-refractivity contribution in [1.29, 1.82) is 0 Å². The summed E-state index contributed by atoms with van der Waals surface area (Å²) in [5.74, 6) is 3.21. The molecule has 7 heteroatoms. The van der Waals surface area contributed by atoms with Gasteiger partial charge in [0, 0.05) is 25.4 Å². The van der Waals surface area contributed by atoms with Crippen LogP contribution < -0.4 is 9.64 Å². The minimum Gasteiger partial charge on any atom is -0.476 e. The molecule has 4 aliphatic rings. The highest BCUT2D eigenvalue weighted by Gasteiger charge is 2.45. The standard InChI is InChI=1S/C22H28ClN5O/c23-21-24-11-17-18(25-21)10-19(29-14-22-5-1-7-28(22)8-2-6-22)26-20(17)27-12-15-3-4-16(9-15)13-27/h10-11,15-16H,1-9,12-14H2. The zero-order valence-corrected chi connectivity index (χ0v) is 17.6. The maximum atomic E-state index is 6.36. The fourth-order valence-corrected chi connectivity index (χ4v) is 6.47. The zero-order valence-electron chi connectivity index (χ0n) is 16.8. The quantitative estimate of drug-likeness (QED) is 0.708. The molecular weight excluding hydrogens is 386 g/mol. The molecule has 1 saturated carbocycles. The van der Waals surface area contributed by atoms with Crippen LogP contribution in [0, 0.1) is 11.8 Å². The number of aromatic nitrogens is 3. The Labute approximate surface area is 176 Å². The second-order valence-corrected chi connectivity index (χ2v) is 9.85. The summed E-state index contributed by atoms with van der Waals surface area (Å²) in [7, 11) is 0. The third-order valence-electron chi connectivity index (χ3n) is 7.71. The molecule has 2 aromatic rings. The summed E-state index contributed by atoms with van der Waals surface area (Å²) in [6, 6.07) is 1.94. The van der Waals surface area contributed by atoms with Crippen molar-refractivity contribution in [3.63, 3.8) is 0 Å². The van der Waals surface area contributed by atoms with Crippen LogP contribution >= 0.6 is 11.6 Å². The van der Waals surface area contributed by atoms with Gasteiger partial charge in [-0.05, 0) is 81.5 Å². The van der Waals surface area contributed by atoms with Crippen LogP contribution in [-0.2, 0) is 0 Å². The highest BCUT2D eigenvalue weighted by molar-refractivity contribution is 6.28. The molecule has 0 amide bonds. The Kier molecular flexibility index (Phi) is 4.34. The lowest BCUT2D eigenvalue weighted by Gasteiger charge is -2.34. The van der Waals surface area contributed by atoms with E-state index in [2.05, 4.69) is 19.8 Å². The Hall–Kier alpha value is -1.66. The molecule has 29 heavy (non-hydrogen) atoms. The predicted octanol–water partition coefficient (Wildman–Crippen LogP) is 3.92. The molecule has 0 radical (unpaired) electrons. The van der Waals surface area contributed by atoms with E-state index in [9.17, 15) is 0 Å². The van der Waals surface area contributed by atoms with E-state index in [4.69, 9.17) is 21.3 Å². The summed E-state index contributed by atoms with van der Waals surface area (Å²) in [4.78, 5) is 18.8. The van der Waals surface area contributed by atoms with Gasteiger partial charge in [-0.15, -0.1) is 0 Å². The van der Waals surface area contributed by atoms with Crippen LogP contribution in [0.2, 0.25) is 5.28 Å². The van der Waals surface area contributed by atoms with Gasteiger partial charge in [0.25, 0.3) is 0 Å². The lowest BCUT2D eigenvalue weighted by atomic mass is 9.95. The fraction of sp³-hybridized carbons (Fsp3) is 0.682. The molecule has 154 valence electrons. The first-order valence-corrected chi connectivity index (χ1v) is 11.5. The van der Waals surface area contributed by atoms with E-state index in [1.807, 2.05) is 12.3 Å². The van der Waals surface area contributed by atoms with E-state index in [-0.39, 0.29) is 10.8 Å². The molecule has 2 atom stereocenters. The Morgan fingerprint density at radius 3 is 2.62 bits per heavy atom. The fourth-order valence-electron chi connectivity index (χ4n) is 6.33. The maximum absolute atomic E-state index is 6.36. The number of fused-ring (bicyclic) bond motifs is 4. The van der Waals surface area contributed by atoms with Crippen molar-refractivity contribution in [3.8, 4) is 5.88 Å². The molecule has 0 spiro atoms. The van der Waals surface area contributed by atoms with Gasteiger partial charge in [0.15, 0.2) is 0 Å². The Bertz CT molecular complexity index is 915. The predicted molar refractivity (Wildman–Crippen MR) is 114 cm³/mol. The summed E-state index contributed by atoms with van der Waals surface area (Å²) in [5, 5.41) is 1.25. The van der Waals surface area contributed by atoms with E-state index < -0.39 is 0 Å². The molecule has 0 aromatic carbocycles. The summed E-state index contributed by atoms with van der Waals surface area (Å²) in [6.45, 7) is 5.28. The molecule has 0 N–H and O–H groups in total. The second-order valence-electron chi connectivity index (χ2n) is 9.51. The van der Waals surface area contributed by atoms with Crippen LogP contribution in [0.3, 0.4) is 0 Å². The smallest absolute Gasteiger partial charge is 0.222 e. The molecule has 2 bridgehead atoms. The Balaban J connectivity index is 1.33. The lowest BCUT2D eigenvalue weighted by Crippen LogP contribution is -2.43. The topological polar surface area (TPSA) is 54.4 Å². The van der Waals surface area contributed by atoms with E-state index in [0.717, 1.165) is 48.3 Å². The van der Waals surface area contributed by atoms with Crippen LogP contribution in [0.15, 0.2) is 12.3 Å². The summed E-state index contributed by atoms with van der Waals surface area (Å²) < 4.78 is 6.36. The highest BCUT2D eigenvalue weighted by atomic mass is 35.5. The minimum atomic E-state index is 0.213. The van der Waals surface area contributed by atoms with E-state index in [0.29, 0.717) is 5.88 Å². The molecule has 4 fully saturated rings. The van der Waals surface area contributed by atoms with Gasteiger partial charge < -0.3 is 9.64 Å². The van der Waals surface area contributed by atoms with Gasteiger partial charge in [0.05, 0.1) is 16.4 Å². The van der Waals surface area contributed by atoms with Crippen molar-refractivity contribution in [2.45, 2.75) is 50.5 Å². The van der Waals surface area contributed by atoms with Crippen molar-refractivity contribution in [3.05, 3.63) is 17.5 Å². The summed E-state index contributed by atoms with van der Waals surface area (Å²) in [5.41, 5.74) is 1.04. The Morgan fingerprint density at radius 1 is 1.10 bits per heavy atom. The van der Waals surface area contributed by atoms with Gasteiger partial charge in [-0.2, -0.15) is 4.98 Å². The lowest BCUT2D eigenvalue weighted by molar-refractivity contribution is 0.111. The third kappa shape index (κ3) is 3.15. The molecule has 2 unspecified atom stereocenters. The molecule has 5 heterocycles. The van der Waals surface area contributed by atoms with Crippen LogP contribution in [-0.4, -0.2) is 58.2 Å². The number of hydrogen-bond donors (Lipinski definition) is 0. The van der Waals surface area contributed by atoms with Crippen molar-refractivity contribution in [2.75, 3.05) is 37.7 Å². The number of piperidine rings is 1. The third-order valence-corrected chi connectivity index (χ3v) is 7.89. The van der Waals surface area contributed by atoms with Gasteiger partial charge in [0.1, 0.15) is 12.4 Å². The van der Waals surface area contributed by atoms with Crippen LogP contribution in [0.5, 0.6) is 5.88 Å². The molecule has 6 nitrogen and oxygen atoms in total. The normalized spacial score (nSPS) is 28.2. The Morgan fingerprint density at radius 2 is 1.86 bits per heavy atom. The molecule has 1 aliphatic carbocycles. The summed E-state index contributed by atoms with van der Waals surface area (Å²) in [6.07, 6.45) is 10.9. The monoisotopic (exact) mass is 413 g/mol. The number of nitrogens with zero attached hydrogens (tertiary/aromatic N) is 5. The zero-order chi connectivity index (χ0) is 19.4. The van der Waals surface area contributed by atoms with Gasteiger partial charge in [-0.1, -0.05) is 0 Å². The average molecular weight is 414 g/mol. The molecule has 3 saturated heterocycles. The number of ether oxygens (including phenoxy) is 1. The van der Waals surface area contributed by atoms with Gasteiger partial charge in [-0.3, -0.25) is 4.90 Å². The van der Waals surface area contributed by atoms with Gasteiger partial charge >= 0.3 is 0 Å². The summed E-state index contributed by atoms with van der Waals surface area (Å²) >= 11 is 6.11. The van der Waals surface area contributed by atoms with Crippen molar-refractivity contribution in [1.82, 2.24) is 19.9 Å². The number of halogens is 1. The number of anilines is 1. The van der Waals surface area contributed by atoms with E-state index in [1.165, 1.54) is 58.0 Å². The molecule has 6 rings (SSSR count). The highest BCUT2D eigenvalue weighted by Crippen LogP contribution is 2.41. The van der Waals surface area contributed by atoms with Crippen molar-refractivity contribution < 1.29 is 4.74 Å². The largest absolute Gasteiger partial charge is 0.476 e. The number of pyridine rings is 1. The second kappa shape index (κ2) is 6.95. The number of hydrogen-bond acceptors (Lipinski definition) is 6. The average Bonchev–Trinajstić information content (AvgIpc) is 3.39. The van der Waals surface area contributed by atoms with Crippen LogP contribution in [0.4, 0.5) is 5.82 Å². The first-order valence-electron chi connectivity index (χ1n) is 11.1. The van der Waals surface area contributed by atoms with Crippen molar-refractivity contribution >= 4 is 28.3 Å². The first kappa shape index (κ1) is 18.1. The van der Waals surface area contributed by atoms with E-state index >= 15 is 0 Å². The van der Waals surface area contributed by atoms with E-state index in [1.54, 1.807) is 0 Å².